The second-order valence-corrected chi connectivity index (χ2v) is 7.18. The number of carbonyl (C=O) groups is 2. The second-order valence-electron chi connectivity index (χ2n) is 7.18. The van der Waals surface area contributed by atoms with E-state index in [2.05, 4.69) is 23.5 Å². The first-order valence-corrected chi connectivity index (χ1v) is 9.49. The third-order valence-corrected chi connectivity index (χ3v) is 5.02. The van der Waals surface area contributed by atoms with E-state index in [1.807, 2.05) is 31.2 Å². The Morgan fingerprint density at radius 3 is 2.68 bits per heavy atom. The number of carboxylic acids is 1. The number of fused-ring (bicyclic) bond motifs is 3. The second kappa shape index (κ2) is 8.30. The van der Waals surface area contributed by atoms with Crippen LogP contribution in [0.25, 0.3) is 11.1 Å². The highest BCUT2D eigenvalue weighted by Crippen LogP contribution is 2.38. The molecule has 2 aromatic rings. The Morgan fingerprint density at radius 1 is 1.18 bits per heavy atom. The molecule has 0 radical (unpaired) electrons. The molecule has 0 fully saturated rings. The van der Waals surface area contributed by atoms with Gasteiger partial charge in [-0.3, -0.25) is 0 Å². The molecule has 1 aliphatic carbocycles. The fourth-order valence-corrected chi connectivity index (χ4v) is 3.40. The first-order chi connectivity index (χ1) is 13.4. The maximum absolute atomic E-state index is 12.3. The third-order valence-electron chi connectivity index (χ3n) is 5.02. The molecule has 3 rings (SSSR count). The standard InChI is InChI=1S/C23H25NO4/c1-3-4-7-13-23(2,21(25)26)24-22(27)28-15-17-10-8-12-19-18-11-6-5-9-16(18)14-20(17)19/h5-13H,3-4,14-15H2,1-2H3,(H,24,27)(H,25,26). The van der Waals surface area contributed by atoms with E-state index in [0.29, 0.717) is 0 Å². The molecule has 28 heavy (non-hydrogen) atoms. The van der Waals surface area contributed by atoms with Gasteiger partial charge in [-0.2, -0.15) is 0 Å². The first kappa shape index (κ1) is 19.7. The number of alkyl carbamates (subject to hydrolysis) is 1. The van der Waals surface area contributed by atoms with Gasteiger partial charge in [-0.1, -0.05) is 68.0 Å². The molecule has 0 spiro atoms. The zero-order chi connectivity index (χ0) is 20.1. The van der Waals surface area contributed by atoms with Crippen LogP contribution in [0.3, 0.4) is 0 Å². The maximum atomic E-state index is 12.3. The average Bonchev–Trinajstić information content (AvgIpc) is 3.06. The van der Waals surface area contributed by atoms with E-state index in [0.717, 1.165) is 36.0 Å². The number of carboxylic acid groups (broad SMARTS) is 1. The molecule has 2 aromatic carbocycles. The summed E-state index contributed by atoms with van der Waals surface area (Å²) in [6.07, 6.45) is 4.96. The molecule has 2 N–H and O–H groups in total. The van der Waals surface area contributed by atoms with Gasteiger partial charge in [0.1, 0.15) is 6.61 Å². The minimum Gasteiger partial charge on any atom is -0.479 e. The van der Waals surface area contributed by atoms with Gasteiger partial charge in [0.05, 0.1) is 0 Å². The van der Waals surface area contributed by atoms with Gasteiger partial charge in [-0.25, -0.2) is 9.59 Å². The number of aliphatic carboxylic acids is 1. The Bertz CT molecular complexity index is 919. The number of unbranched alkanes of at least 4 members (excludes halogenated alkanes) is 1. The maximum Gasteiger partial charge on any atom is 0.408 e. The summed E-state index contributed by atoms with van der Waals surface area (Å²) in [7, 11) is 0. The topological polar surface area (TPSA) is 75.6 Å². The Kier molecular flexibility index (Phi) is 5.83. The predicted octanol–water partition coefficient (Wildman–Crippen LogP) is 4.68. The van der Waals surface area contributed by atoms with Crippen molar-refractivity contribution in [3.05, 3.63) is 71.3 Å². The van der Waals surface area contributed by atoms with E-state index in [1.165, 1.54) is 24.1 Å². The molecule has 1 aliphatic rings. The fraction of sp³-hybridized carbons (Fsp3) is 0.304. The lowest BCUT2D eigenvalue weighted by atomic mass is 10.0. The zero-order valence-electron chi connectivity index (χ0n) is 16.2. The predicted molar refractivity (Wildman–Crippen MR) is 108 cm³/mol. The Morgan fingerprint density at radius 2 is 1.93 bits per heavy atom. The number of hydrogen-bond donors (Lipinski definition) is 2. The van der Waals surface area contributed by atoms with Gasteiger partial charge in [0.25, 0.3) is 0 Å². The number of benzene rings is 2. The highest BCUT2D eigenvalue weighted by atomic mass is 16.5. The summed E-state index contributed by atoms with van der Waals surface area (Å²) in [6.45, 7) is 3.54. The number of hydrogen-bond acceptors (Lipinski definition) is 3. The SMILES string of the molecule is CCCC=CC(C)(NC(=O)OCc1cccc2c1Cc1ccccc1-2)C(=O)O. The molecule has 0 saturated carbocycles. The molecule has 0 bridgehead atoms. The highest BCUT2D eigenvalue weighted by molar-refractivity contribution is 5.86. The summed E-state index contributed by atoms with van der Waals surface area (Å²) in [5, 5.41) is 11.9. The monoisotopic (exact) mass is 379 g/mol. The van der Waals surface area contributed by atoms with Crippen LogP contribution in [0.2, 0.25) is 0 Å². The van der Waals surface area contributed by atoms with E-state index >= 15 is 0 Å². The quantitative estimate of drug-likeness (QED) is 0.584. The molecule has 0 saturated heterocycles. The zero-order valence-corrected chi connectivity index (χ0v) is 16.2. The van der Waals surface area contributed by atoms with Crippen molar-refractivity contribution in [1.82, 2.24) is 5.32 Å². The van der Waals surface area contributed by atoms with Crippen LogP contribution in [0.15, 0.2) is 54.6 Å². The van der Waals surface area contributed by atoms with Crippen LogP contribution in [0.5, 0.6) is 0 Å². The molecule has 1 atom stereocenters. The molecule has 5 heteroatoms. The summed E-state index contributed by atoms with van der Waals surface area (Å²) >= 11 is 0. The van der Waals surface area contributed by atoms with Crippen molar-refractivity contribution in [2.75, 3.05) is 0 Å². The molecule has 0 heterocycles. The summed E-state index contributed by atoms with van der Waals surface area (Å²) in [5.41, 5.74) is 4.22. The summed E-state index contributed by atoms with van der Waals surface area (Å²) in [6, 6.07) is 14.2. The van der Waals surface area contributed by atoms with Crippen molar-refractivity contribution in [1.29, 1.82) is 0 Å². The van der Waals surface area contributed by atoms with Gasteiger partial charge in [0.15, 0.2) is 5.54 Å². The number of allylic oxidation sites excluding steroid dienone is 1. The van der Waals surface area contributed by atoms with Crippen LogP contribution >= 0.6 is 0 Å². The minimum absolute atomic E-state index is 0.0946. The van der Waals surface area contributed by atoms with Crippen LogP contribution < -0.4 is 5.32 Å². The smallest absolute Gasteiger partial charge is 0.408 e. The summed E-state index contributed by atoms with van der Waals surface area (Å²) < 4.78 is 5.36. The number of ether oxygens (including phenoxy) is 1. The lowest BCUT2D eigenvalue weighted by molar-refractivity contribution is -0.141. The molecule has 0 aromatic heterocycles. The Labute approximate surface area is 165 Å². The molecule has 5 nitrogen and oxygen atoms in total. The van der Waals surface area contributed by atoms with E-state index < -0.39 is 17.6 Å². The van der Waals surface area contributed by atoms with Crippen LogP contribution in [0.4, 0.5) is 4.79 Å². The van der Waals surface area contributed by atoms with E-state index in [4.69, 9.17) is 4.74 Å². The largest absolute Gasteiger partial charge is 0.479 e. The highest BCUT2D eigenvalue weighted by Gasteiger charge is 2.32. The van der Waals surface area contributed by atoms with Crippen molar-refractivity contribution in [3.8, 4) is 11.1 Å². The van der Waals surface area contributed by atoms with Crippen molar-refractivity contribution < 1.29 is 19.4 Å². The lowest BCUT2D eigenvalue weighted by Crippen LogP contribution is -2.50. The van der Waals surface area contributed by atoms with Gasteiger partial charge < -0.3 is 15.2 Å². The molecular formula is C23H25NO4. The number of nitrogens with one attached hydrogen (secondary N) is 1. The Hall–Kier alpha value is -3.08. The van der Waals surface area contributed by atoms with Crippen molar-refractivity contribution in [3.63, 3.8) is 0 Å². The van der Waals surface area contributed by atoms with Crippen LogP contribution in [0, 0.1) is 0 Å². The van der Waals surface area contributed by atoms with Crippen LogP contribution in [-0.2, 0) is 22.6 Å². The summed E-state index contributed by atoms with van der Waals surface area (Å²) in [4.78, 5) is 23.8. The van der Waals surface area contributed by atoms with Crippen molar-refractivity contribution >= 4 is 12.1 Å². The van der Waals surface area contributed by atoms with Crippen molar-refractivity contribution in [2.24, 2.45) is 0 Å². The lowest BCUT2D eigenvalue weighted by Gasteiger charge is -2.22. The van der Waals surface area contributed by atoms with E-state index in [-0.39, 0.29) is 6.61 Å². The van der Waals surface area contributed by atoms with Gasteiger partial charge in [-0.15, -0.1) is 0 Å². The molecule has 1 amide bonds. The minimum atomic E-state index is -1.50. The molecular weight excluding hydrogens is 354 g/mol. The molecule has 146 valence electrons. The summed E-state index contributed by atoms with van der Waals surface area (Å²) in [5.74, 6) is -1.13. The third kappa shape index (κ3) is 4.09. The normalized spacial score (nSPS) is 14.2. The molecule has 0 aliphatic heterocycles. The van der Waals surface area contributed by atoms with Gasteiger partial charge >= 0.3 is 12.1 Å². The van der Waals surface area contributed by atoms with Crippen LogP contribution in [0.1, 0.15) is 43.4 Å². The van der Waals surface area contributed by atoms with Gasteiger partial charge in [-0.05, 0) is 47.6 Å². The van der Waals surface area contributed by atoms with E-state index in [9.17, 15) is 14.7 Å². The van der Waals surface area contributed by atoms with Gasteiger partial charge in [0.2, 0.25) is 0 Å². The van der Waals surface area contributed by atoms with E-state index in [1.54, 1.807) is 6.08 Å². The van der Waals surface area contributed by atoms with Crippen LogP contribution in [-0.4, -0.2) is 22.7 Å². The molecule has 1 unspecified atom stereocenters. The Balaban J connectivity index is 1.68. The van der Waals surface area contributed by atoms with Gasteiger partial charge in [0, 0.05) is 0 Å². The first-order valence-electron chi connectivity index (χ1n) is 9.49. The fourth-order valence-electron chi connectivity index (χ4n) is 3.40. The number of carbonyl (C=O) groups excluding carboxylic acids is 1. The number of rotatable bonds is 7. The average molecular weight is 379 g/mol. The number of amides is 1. The van der Waals surface area contributed by atoms with Crippen molar-refractivity contribution in [2.45, 2.75) is 45.3 Å².